The van der Waals surface area contributed by atoms with Gasteiger partial charge in [-0.2, -0.15) is 0 Å². The molecule has 2 heterocycles. The Bertz CT molecular complexity index is 464. The van der Waals surface area contributed by atoms with Crippen molar-refractivity contribution in [1.82, 2.24) is 4.98 Å². The normalized spacial score (nSPS) is 12.4. The number of aliphatic hydroxyl groups excluding tert-OH is 1. The lowest BCUT2D eigenvalue weighted by atomic mass is 10.1. The number of aliphatic hydroxyl groups is 1. The molecule has 0 saturated heterocycles. The average Bonchev–Trinajstić information content (AvgIpc) is 2.77. The maximum absolute atomic E-state index is 10.2. The van der Waals surface area contributed by atoms with Crippen molar-refractivity contribution < 1.29 is 9.84 Å². The molecular weight excluding hydrogens is 222 g/mol. The summed E-state index contributed by atoms with van der Waals surface area (Å²) in [5.74, 6) is 0.720. The molecule has 1 unspecified atom stereocenters. The Kier molecular flexibility index (Phi) is 3.22. The minimum absolute atomic E-state index is 0.664. The molecule has 0 fully saturated rings. The predicted molar refractivity (Wildman–Crippen MR) is 63.9 cm³/mol. The highest BCUT2D eigenvalue weighted by Crippen LogP contribution is 2.34. The summed E-state index contributed by atoms with van der Waals surface area (Å²) in [4.78, 5) is 4.98. The number of pyridine rings is 1. The van der Waals surface area contributed by atoms with Crippen LogP contribution in [0.2, 0.25) is 0 Å². The largest absolute Gasteiger partial charge is 0.495 e. The summed E-state index contributed by atoms with van der Waals surface area (Å²) in [6.07, 6.45) is 1.03. The van der Waals surface area contributed by atoms with E-state index in [9.17, 15) is 5.11 Å². The number of aryl methyl sites for hydroxylation is 1. The van der Waals surface area contributed by atoms with Crippen LogP contribution in [0.3, 0.4) is 0 Å². The third-order valence-electron chi connectivity index (χ3n) is 2.38. The van der Waals surface area contributed by atoms with Gasteiger partial charge in [0.15, 0.2) is 0 Å². The van der Waals surface area contributed by atoms with E-state index in [1.807, 2.05) is 30.5 Å². The average molecular weight is 235 g/mol. The molecule has 2 aromatic heterocycles. The van der Waals surface area contributed by atoms with Gasteiger partial charge in [-0.25, -0.2) is 0 Å². The number of thiophene rings is 1. The van der Waals surface area contributed by atoms with Gasteiger partial charge < -0.3 is 9.84 Å². The fourth-order valence-corrected chi connectivity index (χ4v) is 2.34. The number of hydrogen-bond donors (Lipinski definition) is 1. The first-order valence-electron chi connectivity index (χ1n) is 4.94. The topological polar surface area (TPSA) is 42.4 Å². The van der Waals surface area contributed by atoms with Crippen LogP contribution in [-0.4, -0.2) is 17.2 Å². The lowest BCUT2D eigenvalue weighted by Gasteiger charge is -2.10. The van der Waals surface area contributed by atoms with Gasteiger partial charge in [0.25, 0.3) is 0 Å². The van der Waals surface area contributed by atoms with E-state index in [0.717, 1.165) is 21.9 Å². The van der Waals surface area contributed by atoms with E-state index < -0.39 is 6.10 Å². The van der Waals surface area contributed by atoms with E-state index in [-0.39, 0.29) is 0 Å². The zero-order valence-corrected chi connectivity index (χ0v) is 9.99. The number of nitrogens with zero attached hydrogens (tertiary/aromatic N) is 1. The number of methoxy groups -OCH3 is 1. The molecule has 0 bridgehead atoms. The Hall–Kier alpha value is -1.39. The van der Waals surface area contributed by atoms with Gasteiger partial charge in [0.1, 0.15) is 11.9 Å². The smallest absolute Gasteiger partial charge is 0.135 e. The molecule has 2 rings (SSSR count). The Morgan fingerprint density at radius 3 is 2.81 bits per heavy atom. The minimum Gasteiger partial charge on any atom is -0.495 e. The first kappa shape index (κ1) is 11.1. The van der Waals surface area contributed by atoms with Crippen LogP contribution in [0.4, 0.5) is 0 Å². The number of rotatable bonds is 3. The zero-order valence-electron chi connectivity index (χ0n) is 9.18. The fourth-order valence-electron chi connectivity index (χ4n) is 1.47. The molecule has 0 spiro atoms. The third kappa shape index (κ3) is 2.08. The molecular formula is C12H13NO2S. The molecule has 0 radical (unpaired) electrons. The van der Waals surface area contributed by atoms with Crippen molar-refractivity contribution in [3.63, 3.8) is 0 Å². The monoisotopic (exact) mass is 235 g/mol. The number of hydrogen-bond acceptors (Lipinski definition) is 4. The highest BCUT2D eigenvalue weighted by Gasteiger charge is 2.16. The van der Waals surface area contributed by atoms with Crippen LogP contribution in [0.25, 0.3) is 0 Å². The van der Waals surface area contributed by atoms with Crippen molar-refractivity contribution in [2.24, 2.45) is 0 Å². The molecule has 16 heavy (non-hydrogen) atoms. The van der Waals surface area contributed by atoms with Crippen molar-refractivity contribution in [2.75, 3.05) is 7.11 Å². The van der Waals surface area contributed by atoms with Gasteiger partial charge in [-0.05, 0) is 24.4 Å². The lowest BCUT2D eigenvalue weighted by molar-refractivity contribution is 0.218. The first-order chi connectivity index (χ1) is 7.72. The van der Waals surface area contributed by atoms with E-state index >= 15 is 0 Å². The maximum Gasteiger partial charge on any atom is 0.135 e. The first-order valence-corrected chi connectivity index (χ1v) is 5.82. The van der Waals surface area contributed by atoms with Crippen molar-refractivity contribution in [2.45, 2.75) is 13.0 Å². The van der Waals surface area contributed by atoms with Crippen LogP contribution in [0.15, 0.2) is 29.8 Å². The molecule has 0 saturated carbocycles. The fraction of sp³-hybridized carbons (Fsp3) is 0.250. The molecule has 2 aromatic rings. The second-order valence-electron chi connectivity index (χ2n) is 3.49. The molecule has 1 N–H and O–H groups in total. The molecule has 0 aromatic carbocycles. The van der Waals surface area contributed by atoms with Gasteiger partial charge in [-0.15, -0.1) is 11.3 Å². The van der Waals surface area contributed by atoms with E-state index in [1.165, 1.54) is 11.3 Å². The Morgan fingerprint density at radius 2 is 2.19 bits per heavy atom. The van der Waals surface area contributed by atoms with Crippen molar-refractivity contribution in [3.8, 4) is 5.75 Å². The molecule has 3 nitrogen and oxygen atoms in total. The standard InChI is InChI=1S/C12H13NO2S/c1-8-3-4-9(7-13-8)11(14)12-10(15-2)5-6-16-12/h3-7,11,14H,1-2H3. The van der Waals surface area contributed by atoms with E-state index in [4.69, 9.17) is 4.74 Å². The SMILES string of the molecule is COc1ccsc1C(O)c1ccc(C)nc1. The van der Waals surface area contributed by atoms with Gasteiger partial charge in [0.05, 0.1) is 12.0 Å². The molecule has 4 heteroatoms. The molecule has 84 valence electrons. The summed E-state index contributed by atoms with van der Waals surface area (Å²) >= 11 is 1.48. The summed E-state index contributed by atoms with van der Waals surface area (Å²) in [6, 6.07) is 5.62. The second kappa shape index (κ2) is 4.63. The summed E-state index contributed by atoms with van der Waals surface area (Å²) in [5, 5.41) is 12.1. The Balaban J connectivity index is 2.31. The molecule has 0 amide bonds. The molecule has 1 atom stereocenters. The van der Waals surface area contributed by atoms with E-state index in [0.29, 0.717) is 0 Å². The minimum atomic E-state index is -0.664. The van der Waals surface area contributed by atoms with Crippen LogP contribution < -0.4 is 4.74 Å². The summed E-state index contributed by atoms with van der Waals surface area (Å²) in [5.41, 5.74) is 1.72. The van der Waals surface area contributed by atoms with Gasteiger partial charge in [-0.3, -0.25) is 4.98 Å². The van der Waals surface area contributed by atoms with E-state index in [2.05, 4.69) is 4.98 Å². The third-order valence-corrected chi connectivity index (χ3v) is 3.33. The van der Waals surface area contributed by atoms with Gasteiger partial charge in [0.2, 0.25) is 0 Å². The Labute approximate surface area is 98.4 Å². The quantitative estimate of drug-likeness (QED) is 0.889. The molecule has 0 aliphatic carbocycles. The number of aromatic nitrogens is 1. The molecule has 0 aliphatic heterocycles. The van der Waals surface area contributed by atoms with Gasteiger partial charge in [0, 0.05) is 17.5 Å². The van der Waals surface area contributed by atoms with Gasteiger partial charge in [-0.1, -0.05) is 6.07 Å². The van der Waals surface area contributed by atoms with E-state index in [1.54, 1.807) is 13.3 Å². The van der Waals surface area contributed by atoms with Crippen molar-refractivity contribution in [3.05, 3.63) is 45.9 Å². The van der Waals surface area contributed by atoms with Crippen LogP contribution in [0, 0.1) is 6.92 Å². The van der Waals surface area contributed by atoms with Gasteiger partial charge >= 0.3 is 0 Å². The highest BCUT2D eigenvalue weighted by molar-refractivity contribution is 7.10. The highest BCUT2D eigenvalue weighted by atomic mass is 32.1. The van der Waals surface area contributed by atoms with Crippen molar-refractivity contribution in [1.29, 1.82) is 0 Å². The lowest BCUT2D eigenvalue weighted by Crippen LogP contribution is -2.00. The Morgan fingerprint density at radius 1 is 1.38 bits per heavy atom. The van der Waals surface area contributed by atoms with Crippen LogP contribution >= 0.6 is 11.3 Å². The number of ether oxygens (including phenoxy) is 1. The van der Waals surface area contributed by atoms with Crippen LogP contribution in [0.5, 0.6) is 5.75 Å². The maximum atomic E-state index is 10.2. The van der Waals surface area contributed by atoms with Crippen LogP contribution in [-0.2, 0) is 0 Å². The molecule has 0 aliphatic rings. The summed E-state index contributed by atoms with van der Waals surface area (Å²) in [7, 11) is 1.60. The second-order valence-corrected chi connectivity index (χ2v) is 4.44. The van der Waals surface area contributed by atoms with Crippen LogP contribution in [0.1, 0.15) is 22.2 Å². The van der Waals surface area contributed by atoms with Crippen molar-refractivity contribution >= 4 is 11.3 Å². The zero-order chi connectivity index (χ0) is 11.5. The predicted octanol–water partition coefficient (Wildman–Crippen LogP) is 2.54. The summed E-state index contributed by atoms with van der Waals surface area (Å²) < 4.78 is 5.18. The summed E-state index contributed by atoms with van der Waals surface area (Å²) in [6.45, 7) is 1.92.